The topological polar surface area (TPSA) is 73.3 Å². The highest BCUT2D eigenvalue weighted by Crippen LogP contribution is 2.36. The third-order valence-corrected chi connectivity index (χ3v) is 4.41. The van der Waals surface area contributed by atoms with Crippen molar-refractivity contribution in [3.8, 4) is 0 Å². The lowest BCUT2D eigenvalue weighted by molar-refractivity contribution is -0.125. The number of halogens is 1. The van der Waals surface area contributed by atoms with Crippen molar-refractivity contribution in [1.82, 2.24) is 9.55 Å². The minimum atomic E-state index is -1.07. The fourth-order valence-electron chi connectivity index (χ4n) is 2.96. The molecule has 25 heavy (non-hydrogen) atoms. The molecule has 1 N–H and O–H groups in total. The van der Waals surface area contributed by atoms with Crippen LogP contribution in [0.25, 0.3) is 0 Å². The number of alkyl halides is 1. The first-order chi connectivity index (χ1) is 12.0. The first kappa shape index (κ1) is 17.6. The van der Waals surface area contributed by atoms with E-state index in [1.54, 1.807) is 6.92 Å². The monoisotopic (exact) mass is 348 g/mol. The summed E-state index contributed by atoms with van der Waals surface area (Å²) < 4.78 is 26.5. The van der Waals surface area contributed by atoms with Crippen LogP contribution in [0.5, 0.6) is 0 Å². The maximum Gasteiger partial charge on any atom is 0.330 e. The molecule has 1 fully saturated rings. The number of aromatic nitrogens is 2. The molecule has 3 rings (SSSR count). The predicted molar refractivity (Wildman–Crippen MR) is 90.2 cm³/mol. The fraction of sp³-hybridized carbons (Fsp3) is 0.444. The fourth-order valence-corrected chi connectivity index (χ4v) is 2.96. The lowest BCUT2D eigenvalue weighted by Gasteiger charge is -2.26. The van der Waals surface area contributed by atoms with Gasteiger partial charge in [0.1, 0.15) is 18.5 Å². The van der Waals surface area contributed by atoms with Gasteiger partial charge in [-0.2, -0.15) is 0 Å². The minimum absolute atomic E-state index is 0.103. The number of aromatic amines is 1. The number of aryl methyl sites for hydroxylation is 1. The summed E-state index contributed by atoms with van der Waals surface area (Å²) in [4.78, 5) is 25.7. The summed E-state index contributed by atoms with van der Waals surface area (Å²) in [7, 11) is 0. The Morgan fingerprint density at radius 3 is 2.84 bits per heavy atom. The smallest absolute Gasteiger partial charge is 0.330 e. The molecule has 0 aliphatic carbocycles. The molecule has 2 aromatic rings. The molecule has 1 aliphatic rings. The molecule has 0 saturated carbocycles. The van der Waals surface area contributed by atoms with Crippen molar-refractivity contribution >= 4 is 0 Å². The molecule has 1 aromatic carbocycles. The summed E-state index contributed by atoms with van der Waals surface area (Å²) in [6.07, 6.45) is 1.75. The van der Waals surface area contributed by atoms with Gasteiger partial charge in [0.15, 0.2) is 0 Å². The van der Waals surface area contributed by atoms with E-state index in [0.717, 1.165) is 5.56 Å². The van der Waals surface area contributed by atoms with E-state index >= 15 is 0 Å². The Morgan fingerprint density at radius 1 is 1.36 bits per heavy atom. The zero-order chi connectivity index (χ0) is 17.9. The Labute approximate surface area is 144 Å². The summed E-state index contributed by atoms with van der Waals surface area (Å²) >= 11 is 0. The van der Waals surface area contributed by atoms with Crippen molar-refractivity contribution in [3.05, 3.63) is 68.5 Å². The molecule has 1 aromatic heterocycles. The number of H-pyrrole nitrogens is 1. The van der Waals surface area contributed by atoms with Gasteiger partial charge in [0, 0.05) is 11.8 Å². The number of nitrogens with zero attached hydrogens (tertiary/aromatic N) is 1. The van der Waals surface area contributed by atoms with E-state index in [0.29, 0.717) is 25.0 Å². The van der Waals surface area contributed by atoms with Gasteiger partial charge in [0.05, 0.1) is 13.2 Å². The number of hydrogen-bond donors (Lipinski definition) is 1. The van der Waals surface area contributed by atoms with Crippen molar-refractivity contribution in [2.75, 3.05) is 13.3 Å². The van der Waals surface area contributed by atoms with Gasteiger partial charge in [-0.05, 0) is 25.3 Å². The molecule has 2 atom stereocenters. The standard InChI is InChI=1S/C18H21FN2O4/c1-13-9-21(17(23)20-16(13)22)15-7-8-18(11-19,25-15)12-24-10-14-5-3-2-4-6-14/h2-6,9,15H,7-8,10-12H2,1H3,(H,20,22,23)/t15-,18-/m1/s1. The Kier molecular flexibility index (Phi) is 5.15. The van der Waals surface area contributed by atoms with Crippen molar-refractivity contribution in [2.24, 2.45) is 0 Å². The van der Waals surface area contributed by atoms with Crippen LogP contribution in [0.15, 0.2) is 46.1 Å². The lowest BCUT2D eigenvalue weighted by Crippen LogP contribution is -2.39. The molecule has 1 aliphatic heterocycles. The molecule has 7 heteroatoms. The van der Waals surface area contributed by atoms with Crippen molar-refractivity contribution in [3.63, 3.8) is 0 Å². The Bertz CT molecular complexity index is 833. The lowest BCUT2D eigenvalue weighted by atomic mass is 10.0. The molecule has 0 amide bonds. The van der Waals surface area contributed by atoms with Crippen LogP contribution in [-0.2, 0) is 16.1 Å². The number of rotatable bonds is 6. The third kappa shape index (κ3) is 3.88. The normalized spacial score (nSPS) is 23.0. The Morgan fingerprint density at radius 2 is 2.12 bits per heavy atom. The molecule has 1 saturated heterocycles. The summed E-state index contributed by atoms with van der Waals surface area (Å²) in [5.41, 5.74) is -0.648. The summed E-state index contributed by atoms with van der Waals surface area (Å²) in [6, 6.07) is 9.61. The van der Waals surface area contributed by atoms with Crippen molar-refractivity contribution in [2.45, 2.75) is 38.2 Å². The Balaban J connectivity index is 1.67. The first-order valence-corrected chi connectivity index (χ1v) is 8.20. The minimum Gasteiger partial charge on any atom is -0.374 e. The second kappa shape index (κ2) is 7.33. The van der Waals surface area contributed by atoms with E-state index in [1.165, 1.54) is 10.8 Å². The van der Waals surface area contributed by atoms with Crippen LogP contribution >= 0.6 is 0 Å². The molecular weight excluding hydrogens is 327 g/mol. The maximum atomic E-state index is 13.7. The average Bonchev–Trinajstić information content (AvgIpc) is 3.04. The van der Waals surface area contributed by atoms with Gasteiger partial charge in [0.2, 0.25) is 0 Å². The van der Waals surface area contributed by atoms with Gasteiger partial charge >= 0.3 is 5.69 Å². The van der Waals surface area contributed by atoms with Gasteiger partial charge in [-0.3, -0.25) is 14.3 Å². The van der Waals surface area contributed by atoms with Gasteiger partial charge < -0.3 is 9.47 Å². The largest absolute Gasteiger partial charge is 0.374 e. The van der Waals surface area contributed by atoms with Crippen LogP contribution in [0.2, 0.25) is 0 Å². The molecule has 0 bridgehead atoms. The van der Waals surface area contributed by atoms with Crippen molar-refractivity contribution in [1.29, 1.82) is 0 Å². The van der Waals surface area contributed by atoms with Crippen LogP contribution in [0.3, 0.4) is 0 Å². The van der Waals surface area contributed by atoms with Gasteiger partial charge in [-0.15, -0.1) is 0 Å². The first-order valence-electron chi connectivity index (χ1n) is 8.20. The highest BCUT2D eigenvalue weighted by molar-refractivity contribution is 5.13. The predicted octanol–water partition coefficient (Wildman–Crippen LogP) is 2.08. The van der Waals surface area contributed by atoms with E-state index in [4.69, 9.17) is 9.47 Å². The molecular formula is C18H21FN2O4. The van der Waals surface area contributed by atoms with E-state index in [9.17, 15) is 14.0 Å². The van der Waals surface area contributed by atoms with Crippen LogP contribution in [0.1, 0.15) is 30.2 Å². The molecule has 2 heterocycles. The van der Waals surface area contributed by atoms with Crippen LogP contribution < -0.4 is 11.2 Å². The van der Waals surface area contributed by atoms with E-state index in [1.807, 2.05) is 30.3 Å². The van der Waals surface area contributed by atoms with E-state index < -0.39 is 29.8 Å². The molecule has 6 nitrogen and oxygen atoms in total. The van der Waals surface area contributed by atoms with E-state index in [-0.39, 0.29) is 6.61 Å². The van der Waals surface area contributed by atoms with Crippen molar-refractivity contribution < 1.29 is 13.9 Å². The van der Waals surface area contributed by atoms with E-state index in [2.05, 4.69) is 4.98 Å². The average molecular weight is 348 g/mol. The number of ether oxygens (including phenoxy) is 2. The third-order valence-electron chi connectivity index (χ3n) is 4.41. The second-order valence-corrected chi connectivity index (χ2v) is 6.38. The zero-order valence-electron chi connectivity index (χ0n) is 14.0. The number of benzene rings is 1. The summed E-state index contributed by atoms with van der Waals surface area (Å²) in [5, 5.41) is 0. The molecule has 0 unspecified atom stereocenters. The zero-order valence-corrected chi connectivity index (χ0v) is 14.0. The van der Waals surface area contributed by atoms with Crippen LogP contribution in [-0.4, -0.2) is 28.4 Å². The number of nitrogens with one attached hydrogen (secondary N) is 1. The van der Waals surface area contributed by atoms with Crippen LogP contribution in [0, 0.1) is 6.92 Å². The van der Waals surface area contributed by atoms with Crippen LogP contribution in [0.4, 0.5) is 4.39 Å². The Hall–Kier alpha value is -2.25. The number of hydrogen-bond acceptors (Lipinski definition) is 4. The maximum absolute atomic E-state index is 13.7. The highest BCUT2D eigenvalue weighted by Gasteiger charge is 2.42. The quantitative estimate of drug-likeness (QED) is 0.867. The second-order valence-electron chi connectivity index (χ2n) is 6.38. The summed E-state index contributed by atoms with van der Waals surface area (Å²) in [6.45, 7) is 1.38. The highest BCUT2D eigenvalue weighted by atomic mass is 19.1. The SMILES string of the molecule is Cc1cn([C@H]2CC[C@@](CF)(COCc3ccccc3)O2)c(=O)[nH]c1=O. The summed E-state index contributed by atoms with van der Waals surface area (Å²) in [5.74, 6) is 0. The molecule has 0 radical (unpaired) electrons. The van der Waals surface area contributed by atoms with Gasteiger partial charge in [0.25, 0.3) is 5.56 Å². The van der Waals surface area contributed by atoms with Gasteiger partial charge in [-0.25, -0.2) is 9.18 Å². The molecule has 0 spiro atoms. The van der Waals surface area contributed by atoms with Gasteiger partial charge in [-0.1, -0.05) is 30.3 Å². The molecule has 134 valence electrons.